The van der Waals surface area contributed by atoms with Gasteiger partial charge in [-0.1, -0.05) is 23.7 Å². The Balaban J connectivity index is 1.67. The first kappa shape index (κ1) is 14.3. The van der Waals surface area contributed by atoms with Crippen molar-refractivity contribution in [2.24, 2.45) is 0 Å². The Morgan fingerprint density at radius 1 is 1.20 bits per heavy atom. The van der Waals surface area contributed by atoms with Gasteiger partial charge < -0.3 is 10.4 Å². The van der Waals surface area contributed by atoms with Crippen molar-refractivity contribution >= 4 is 11.6 Å². The molecule has 2 heterocycles. The minimum atomic E-state index is -0.165. The summed E-state index contributed by atoms with van der Waals surface area (Å²) in [5.41, 5.74) is 1.31. The maximum atomic E-state index is 10.0. The standard InChI is InChI=1S/C16H23ClN2O/c17-13-3-1-12(2-4-13)9-15-10-16(20)11-19(15)14-5-7-18-8-6-14/h1-4,14-16,18,20H,5-11H2/t15?,16-/m0/s1. The number of halogens is 1. The van der Waals surface area contributed by atoms with Crippen molar-refractivity contribution < 1.29 is 5.11 Å². The average Bonchev–Trinajstić information content (AvgIpc) is 2.83. The summed E-state index contributed by atoms with van der Waals surface area (Å²) in [7, 11) is 0. The summed E-state index contributed by atoms with van der Waals surface area (Å²) in [6, 6.07) is 9.22. The first-order chi connectivity index (χ1) is 9.72. The smallest absolute Gasteiger partial charge is 0.0682 e. The van der Waals surface area contributed by atoms with Gasteiger partial charge in [-0.05, 0) is 56.5 Å². The fraction of sp³-hybridized carbons (Fsp3) is 0.625. The van der Waals surface area contributed by atoms with E-state index >= 15 is 0 Å². The van der Waals surface area contributed by atoms with Gasteiger partial charge in [0.2, 0.25) is 0 Å². The first-order valence-corrected chi connectivity index (χ1v) is 7.99. The molecule has 110 valence electrons. The number of piperidine rings is 1. The maximum Gasteiger partial charge on any atom is 0.0682 e. The molecule has 0 saturated carbocycles. The van der Waals surface area contributed by atoms with E-state index < -0.39 is 0 Å². The Morgan fingerprint density at radius 2 is 1.90 bits per heavy atom. The summed E-state index contributed by atoms with van der Waals surface area (Å²) in [4.78, 5) is 2.54. The van der Waals surface area contributed by atoms with Gasteiger partial charge >= 0.3 is 0 Å². The van der Waals surface area contributed by atoms with Crippen LogP contribution in [0.1, 0.15) is 24.8 Å². The highest BCUT2D eigenvalue weighted by molar-refractivity contribution is 6.30. The topological polar surface area (TPSA) is 35.5 Å². The van der Waals surface area contributed by atoms with Gasteiger partial charge in [0.1, 0.15) is 0 Å². The van der Waals surface area contributed by atoms with E-state index in [9.17, 15) is 5.11 Å². The number of benzene rings is 1. The maximum absolute atomic E-state index is 10.0. The van der Waals surface area contributed by atoms with Crippen molar-refractivity contribution in [3.8, 4) is 0 Å². The molecule has 0 aliphatic carbocycles. The minimum absolute atomic E-state index is 0.165. The first-order valence-electron chi connectivity index (χ1n) is 7.61. The van der Waals surface area contributed by atoms with Crippen molar-refractivity contribution in [1.29, 1.82) is 0 Å². The lowest BCUT2D eigenvalue weighted by molar-refractivity contribution is 0.126. The Kier molecular flexibility index (Phi) is 4.61. The quantitative estimate of drug-likeness (QED) is 0.896. The number of likely N-dealkylation sites (tertiary alicyclic amines) is 1. The number of β-amino-alcohol motifs (C(OH)–C–C–N with tert-alkyl or cyclic N) is 1. The van der Waals surface area contributed by atoms with Crippen molar-refractivity contribution in [3.63, 3.8) is 0 Å². The van der Waals surface area contributed by atoms with Gasteiger partial charge in [0.15, 0.2) is 0 Å². The Hall–Kier alpha value is -0.610. The molecular weight excluding hydrogens is 272 g/mol. The van der Waals surface area contributed by atoms with Crippen molar-refractivity contribution in [2.45, 2.75) is 43.9 Å². The Bertz CT molecular complexity index is 431. The Morgan fingerprint density at radius 3 is 2.60 bits per heavy atom. The molecule has 2 atom stereocenters. The summed E-state index contributed by atoms with van der Waals surface area (Å²) < 4.78 is 0. The van der Waals surface area contributed by atoms with Crippen LogP contribution < -0.4 is 5.32 Å². The van der Waals surface area contributed by atoms with Gasteiger partial charge in [-0.15, -0.1) is 0 Å². The van der Waals surface area contributed by atoms with Crippen LogP contribution in [0, 0.1) is 0 Å². The van der Waals surface area contributed by atoms with Gasteiger partial charge in [-0.3, -0.25) is 4.90 Å². The molecule has 0 bridgehead atoms. The summed E-state index contributed by atoms with van der Waals surface area (Å²) in [5.74, 6) is 0. The predicted octanol–water partition coefficient (Wildman–Crippen LogP) is 2.07. The highest BCUT2D eigenvalue weighted by Crippen LogP contribution is 2.27. The average molecular weight is 295 g/mol. The third-order valence-electron chi connectivity index (χ3n) is 4.60. The zero-order valence-corrected chi connectivity index (χ0v) is 12.5. The van der Waals surface area contributed by atoms with E-state index in [0.29, 0.717) is 12.1 Å². The van der Waals surface area contributed by atoms with Crippen LogP contribution in [0.2, 0.25) is 5.02 Å². The largest absolute Gasteiger partial charge is 0.392 e. The third kappa shape index (κ3) is 3.34. The van der Waals surface area contributed by atoms with Crippen molar-refractivity contribution in [1.82, 2.24) is 10.2 Å². The monoisotopic (exact) mass is 294 g/mol. The molecule has 2 saturated heterocycles. The van der Waals surface area contributed by atoms with Gasteiger partial charge in [-0.25, -0.2) is 0 Å². The zero-order valence-electron chi connectivity index (χ0n) is 11.8. The van der Waals surface area contributed by atoms with Crippen LogP contribution in [0.4, 0.5) is 0 Å². The molecule has 3 rings (SSSR count). The van der Waals surface area contributed by atoms with Crippen LogP contribution in [0.5, 0.6) is 0 Å². The second kappa shape index (κ2) is 6.44. The summed E-state index contributed by atoms with van der Waals surface area (Å²) in [5, 5.41) is 14.2. The SMILES string of the molecule is O[C@H]1CC(Cc2ccc(Cl)cc2)N(C2CCNCC2)C1. The molecule has 2 aliphatic heterocycles. The zero-order chi connectivity index (χ0) is 13.9. The molecule has 0 amide bonds. The van der Waals surface area contributed by atoms with Crippen LogP contribution in [0.25, 0.3) is 0 Å². The number of nitrogens with one attached hydrogen (secondary N) is 1. The van der Waals surface area contributed by atoms with Gasteiger partial charge in [-0.2, -0.15) is 0 Å². The minimum Gasteiger partial charge on any atom is -0.392 e. The summed E-state index contributed by atoms with van der Waals surface area (Å²) in [6.45, 7) is 3.04. The lowest BCUT2D eigenvalue weighted by Crippen LogP contribution is -2.46. The van der Waals surface area contributed by atoms with Crippen molar-refractivity contribution in [3.05, 3.63) is 34.9 Å². The molecule has 20 heavy (non-hydrogen) atoms. The summed E-state index contributed by atoms with van der Waals surface area (Å²) >= 11 is 5.94. The molecule has 4 heteroatoms. The lowest BCUT2D eigenvalue weighted by atomic mass is 9.99. The van der Waals surface area contributed by atoms with Crippen LogP contribution >= 0.6 is 11.6 Å². The van der Waals surface area contributed by atoms with E-state index in [-0.39, 0.29) is 6.10 Å². The van der Waals surface area contributed by atoms with E-state index in [0.717, 1.165) is 37.5 Å². The van der Waals surface area contributed by atoms with E-state index in [1.54, 1.807) is 0 Å². The van der Waals surface area contributed by atoms with E-state index in [4.69, 9.17) is 11.6 Å². The molecule has 0 aromatic heterocycles. The van der Waals surface area contributed by atoms with Gasteiger partial charge in [0, 0.05) is 23.7 Å². The normalized spacial score (nSPS) is 28.9. The molecule has 2 fully saturated rings. The number of aliphatic hydroxyl groups is 1. The number of hydrogen-bond donors (Lipinski definition) is 2. The fourth-order valence-corrected chi connectivity index (χ4v) is 3.72. The van der Waals surface area contributed by atoms with Crippen LogP contribution in [0.15, 0.2) is 24.3 Å². The molecular formula is C16H23ClN2O. The van der Waals surface area contributed by atoms with Crippen LogP contribution in [-0.2, 0) is 6.42 Å². The molecule has 1 aromatic rings. The summed E-state index contributed by atoms with van der Waals surface area (Å²) in [6.07, 6.45) is 4.14. The van der Waals surface area contributed by atoms with Crippen LogP contribution in [-0.4, -0.2) is 47.8 Å². The number of rotatable bonds is 3. The Labute approximate surface area is 125 Å². The second-order valence-electron chi connectivity index (χ2n) is 6.05. The van der Waals surface area contributed by atoms with E-state index in [1.165, 1.54) is 18.4 Å². The molecule has 2 N–H and O–H groups in total. The fourth-order valence-electron chi connectivity index (χ4n) is 3.60. The van der Waals surface area contributed by atoms with E-state index in [2.05, 4.69) is 22.3 Å². The second-order valence-corrected chi connectivity index (χ2v) is 6.49. The predicted molar refractivity (Wildman–Crippen MR) is 82.2 cm³/mol. The lowest BCUT2D eigenvalue weighted by Gasteiger charge is -2.35. The highest BCUT2D eigenvalue weighted by atomic mass is 35.5. The third-order valence-corrected chi connectivity index (χ3v) is 4.85. The highest BCUT2D eigenvalue weighted by Gasteiger charge is 2.35. The molecule has 0 spiro atoms. The number of nitrogens with zero attached hydrogens (tertiary/aromatic N) is 1. The van der Waals surface area contributed by atoms with Crippen LogP contribution in [0.3, 0.4) is 0 Å². The molecule has 0 radical (unpaired) electrons. The van der Waals surface area contributed by atoms with Gasteiger partial charge in [0.25, 0.3) is 0 Å². The molecule has 1 aromatic carbocycles. The molecule has 2 aliphatic rings. The number of aliphatic hydroxyl groups excluding tert-OH is 1. The van der Waals surface area contributed by atoms with Crippen molar-refractivity contribution in [2.75, 3.05) is 19.6 Å². The number of hydrogen-bond acceptors (Lipinski definition) is 3. The molecule has 1 unspecified atom stereocenters. The van der Waals surface area contributed by atoms with E-state index in [1.807, 2.05) is 12.1 Å². The van der Waals surface area contributed by atoms with Gasteiger partial charge in [0.05, 0.1) is 6.10 Å². The molecule has 3 nitrogen and oxygen atoms in total.